The predicted molar refractivity (Wildman–Crippen MR) is 89.7 cm³/mol. The van der Waals surface area contributed by atoms with Gasteiger partial charge in [0.25, 0.3) is 0 Å². The molecule has 4 nitrogen and oxygen atoms in total. The third kappa shape index (κ3) is 3.57. The molecule has 0 bridgehead atoms. The van der Waals surface area contributed by atoms with Crippen LogP contribution >= 0.6 is 0 Å². The normalized spacial score (nSPS) is 26.0. The summed E-state index contributed by atoms with van der Waals surface area (Å²) < 4.78 is 0. The van der Waals surface area contributed by atoms with Crippen molar-refractivity contribution in [2.75, 3.05) is 20.1 Å². The van der Waals surface area contributed by atoms with Gasteiger partial charge in [-0.25, -0.2) is 0 Å². The molecule has 2 saturated heterocycles. The minimum atomic E-state index is -0.136. The Morgan fingerprint density at radius 1 is 1.04 bits per heavy atom. The van der Waals surface area contributed by atoms with Crippen LogP contribution in [0.1, 0.15) is 50.1 Å². The van der Waals surface area contributed by atoms with E-state index in [0.29, 0.717) is 13.0 Å². The third-order valence-electron chi connectivity index (χ3n) is 5.23. The number of carbonyl (C=O) groups excluding carboxylic acids is 2. The molecule has 0 spiro atoms. The highest BCUT2D eigenvalue weighted by Gasteiger charge is 2.35. The van der Waals surface area contributed by atoms with Crippen molar-refractivity contribution in [3.05, 3.63) is 35.9 Å². The van der Waals surface area contributed by atoms with E-state index < -0.39 is 0 Å². The molecule has 23 heavy (non-hydrogen) atoms. The highest BCUT2D eigenvalue weighted by atomic mass is 16.2. The van der Waals surface area contributed by atoms with Crippen LogP contribution in [-0.4, -0.2) is 41.8 Å². The van der Waals surface area contributed by atoms with Crippen LogP contribution in [0.25, 0.3) is 0 Å². The van der Waals surface area contributed by atoms with Crippen LogP contribution in [0.4, 0.5) is 0 Å². The van der Waals surface area contributed by atoms with E-state index >= 15 is 0 Å². The minimum absolute atomic E-state index is 0.0979. The Balaban J connectivity index is 1.79. The number of amides is 2. The summed E-state index contributed by atoms with van der Waals surface area (Å²) in [5.74, 6) is 0.144. The van der Waals surface area contributed by atoms with Gasteiger partial charge in [-0.3, -0.25) is 9.59 Å². The fourth-order valence-corrected chi connectivity index (χ4v) is 3.78. The summed E-state index contributed by atoms with van der Waals surface area (Å²) >= 11 is 0. The molecule has 0 aliphatic carbocycles. The molecule has 2 heterocycles. The molecule has 1 aromatic carbocycles. The number of nitrogens with zero attached hydrogens (tertiary/aromatic N) is 2. The lowest BCUT2D eigenvalue weighted by Crippen LogP contribution is -2.45. The fourth-order valence-electron chi connectivity index (χ4n) is 3.78. The Kier molecular flexibility index (Phi) is 4.99. The van der Waals surface area contributed by atoms with Crippen LogP contribution in [0.2, 0.25) is 0 Å². The van der Waals surface area contributed by atoms with Gasteiger partial charge in [0, 0.05) is 32.5 Å². The van der Waals surface area contributed by atoms with Crippen molar-refractivity contribution >= 4 is 11.8 Å². The topological polar surface area (TPSA) is 40.6 Å². The zero-order valence-corrected chi connectivity index (χ0v) is 13.9. The van der Waals surface area contributed by atoms with Crippen molar-refractivity contribution in [2.45, 2.75) is 44.6 Å². The van der Waals surface area contributed by atoms with Crippen LogP contribution < -0.4 is 0 Å². The van der Waals surface area contributed by atoms with Gasteiger partial charge in [-0.1, -0.05) is 43.2 Å². The lowest BCUT2D eigenvalue weighted by Gasteiger charge is -2.36. The van der Waals surface area contributed by atoms with E-state index in [0.717, 1.165) is 32.2 Å². The monoisotopic (exact) mass is 314 g/mol. The van der Waals surface area contributed by atoms with E-state index in [9.17, 15) is 9.59 Å². The van der Waals surface area contributed by atoms with Gasteiger partial charge in [-0.2, -0.15) is 0 Å². The van der Waals surface area contributed by atoms with Gasteiger partial charge >= 0.3 is 0 Å². The number of benzene rings is 1. The summed E-state index contributed by atoms with van der Waals surface area (Å²) in [6.45, 7) is 1.51. The molecule has 2 unspecified atom stereocenters. The molecular formula is C19H26N2O2. The standard InChI is InChI=1S/C19H26N2O2/c1-20-13-11-16(14-18(20)22)19(23)21-12-7-3-6-10-17(21)15-8-4-2-5-9-15/h2,4-5,8-9,16-17H,3,6-7,10-14H2,1H3. The van der Waals surface area contributed by atoms with E-state index in [-0.39, 0.29) is 23.8 Å². The smallest absolute Gasteiger partial charge is 0.226 e. The first-order valence-corrected chi connectivity index (χ1v) is 8.76. The summed E-state index contributed by atoms with van der Waals surface area (Å²) in [4.78, 5) is 28.9. The van der Waals surface area contributed by atoms with Gasteiger partial charge in [0.05, 0.1) is 6.04 Å². The minimum Gasteiger partial charge on any atom is -0.346 e. The van der Waals surface area contributed by atoms with Gasteiger partial charge in [0.15, 0.2) is 0 Å². The number of hydrogen-bond acceptors (Lipinski definition) is 2. The summed E-state index contributed by atoms with van der Waals surface area (Å²) in [5.41, 5.74) is 1.22. The van der Waals surface area contributed by atoms with Crippen molar-refractivity contribution in [1.82, 2.24) is 9.80 Å². The first-order chi connectivity index (χ1) is 11.2. The van der Waals surface area contributed by atoms with Crippen molar-refractivity contribution in [3.63, 3.8) is 0 Å². The van der Waals surface area contributed by atoms with Gasteiger partial charge in [0.1, 0.15) is 0 Å². The van der Waals surface area contributed by atoms with Crippen LogP contribution in [0.3, 0.4) is 0 Å². The van der Waals surface area contributed by atoms with E-state index in [1.54, 1.807) is 4.90 Å². The molecule has 4 heteroatoms. The zero-order chi connectivity index (χ0) is 16.2. The molecule has 2 fully saturated rings. The average molecular weight is 314 g/mol. The number of carbonyl (C=O) groups is 2. The lowest BCUT2D eigenvalue weighted by molar-refractivity contribution is -0.146. The Morgan fingerprint density at radius 2 is 1.83 bits per heavy atom. The van der Waals surface area contributed by atoms with Crippen molar-refractivity contribution in [3.8, 4) is 0 Å². The molecule has 1 aromatic rings. The number of rotatable bonds is 2. The van der Waals surface area contributed by atoms with Gasteiger partial charge in [-0.05, 0) is 24.8 Å². The number of likely N-dealkylation sites (tertiary alicyclic amines) is 2. The van der Waals surface area contributed by atoms with Crippen molar-refractivity contribution < 1.29 is 9.59 Å². The molecule has 2 aliphatic rings. The SMILES string of the molecule is CN1CCC(C(=O)N2CCCCCC2c2ccccc2)CC1=O. The zero-order valence-electron chi connectivity index (χ0n) is 13.9. The number of piperidine rings is 1. The second-order valence-electron chi connectivity index (χ2n) is 6.81. The number of hydrogen-bond donors (Lipinski definition) is 0. The average Bonchev–Trinajstić information content (AvgIpc) is 2.83. The molecule has 0 aromatic heterocycles. The molecule has 0 radical (unpaired) electrons. The highest BCUT2D eigenvalue weighted by molar-refractivity contribution is 5.87. The quantitative estimate of drug-likeness (QED) is 0.842. The summed E-state index contributed by atoms with van der Waals surface area (Å²) in [6.07, 6.45) is 5.59. The Hall–Kier alpha value is -1.84. The maximum absolute atomic E-state index is 13.1. The van der Waals surface area contributed by atoms with Gasteiger partial charge in [-0.15, -0.1) is 0 Å². The third-order valence-corrected chi connectivity index (χ3v) is 5.23. The van der Waals surface area contributed by atoms with E-state index in [1.807, 2.05) is 25.2 Å². The summed E-state index contributed by atoms with van der Waals surface area (Å²) in [6, 6.07) is 10.5. The molecule has 0 saturated carbocycles. The van der Waals surface area contributed by atoms with Gasteiger partial charge < -0.3 is 9.80 Å². The molecule has 3 rings (SSSR count). The van der Waals surface area contributed by atoms with Crippen LogP contribution in [0.5, 0.6) is 0 Å². The van der Waals surface area contributed by atoms with Crippen LogP contribution in [0, 0.1) is 5.92 Å². The van der Waals surface area contributed by atoms with Gasteiger partial charge in [0.2, 0.25) is 11.8 Å². The summed E-state index contributed by atoms with van der Waals surface area (Å²) in [5, 5.41) is 0. The largest absolute Gasteiger partial charge is 0.346 e. The second kappa shape index (κ2) is 7.16. The fraction of sp³-hybridized carbons (Fsp3) is 0.579. The highest BCUT2D eigenvalue weighted by Crippen LogP contribution is 2.33. The van der Waals surface area contributed by atoms with E-state index in [4.69, 9.17) is 0 Å². The van der Waals surface area contributed by atoms with E-state index in [2.05, 4.69) is 17.0 Å². The maximum atomic E-state index is 13.1. The molecule has 0 N–H and O–H groups in total. The first-order valence-electron chi connectivity index (χ1n) is 8.76. The molecular weight excluding hydrogens is 288 g/mol. The molecule has 2 amide bonds. The van der Waals surface area contributed by atoms with E-state index in [1.165, 1.54) is 12.0 Å². The Labute approximate surface area is 138 Å². The molecule has 124 valence electrons. The Morgan fingerprint density at radius 3 is 2.57 bits per heavy atom. The lowest BCUT2D eigenvalue weighted by atomic mass is 9.93. The van der Waals surface area contributed by atoms with Crippen LogP contribution in [0.15, 0.2) is 30.3 Å². The predicted octanol–water partition coefficient (Wildman–Crippen LogP) is 3.00. The summed E-state index contributed by atoms with van der Waals surface area (Å²) in [7, 11) is 1.82. The molecule has 2 atom stereocenters. The molecule has 2 aliphatic heterocycles. The first kappa shape index (κ1) is 16.0. The van der Waals surface area contributed by atoms with Crippen LogP contribution in [-0.2, 0) is 9.59 Å². The Bertz CT molecular complexity index is 558. The van der Waals surface area contributed by atoms with Crippen molar-refractivity contribution in [2.24, 2.45) is 5.92 Å². The second-order valence-corrected chi connectivity index (χ2v) is 6.81. The maximum Gasteiger partial charge on any atom is 0.226 e. The van der Waals surface area contributed by atoms with Crippen molar-refractivity contribution in [1.29, 1.82) is 0 Å².